The Morgan fingerprint density at radius 1 is 1.67 bits per heavy atom. The molecule has 1 heterocycles. The Morgan fingerprint density at radius 2 is 2.25 bits per heavy atom. The monoisotopic (exact) mass is 173 g/mol. The Bertz CT molecular complexity index is 320. The van der Waals surface area contributed by atoms with Gasteiger partial charge in [0.25, 0.3) is 5.92 Å². The molecule has 1 fully saturated rings. The van der Waals surface area contributed by atoms with Crippen molar-refractivity contribution in [3.63, 3.8) is 0 Å². The van der Waals surface area contributed by atoms with Crippen LogP contribution >= 0.6 is 0 Å². The van der Waals surface area contributed by atoms with Crippen molar-refractivity contribution in [1.29, 1.82) is 0 Å². The molecule has 0 spiro atoms. The second-order valence-electron chi connectivity index (χ2n) is 3.24. The highest BCUT2D eigenvalue weighted by molar-refractivity contribution is 5.29. The summed E-state index contributed by atoms with van der Waals surface area (Å²) >= 11 is 0. The zero-order valence-electron chi connectivity index (χ0n) is 6.59. The van der Waals surface area contributed by atoms with E-state index in [0.29, 0.717) is 5.69 Å². The molecule has 1 saturated carbocycles. The summed E-state index contributed by atoms with van der Waals surface area (Å²) in [5.41, 5.74) is 4.40. The smallest absolute Gasteiger partial charge is 0.273 e. The van der Waals surface area contributed by atoms with Gasteiger partial charge in [-0.05, 0) is 0 Å². The molecule has 3 nitrogen and oxygen atoms in total. The first-order chi connectivity index (χ1) is 5.47. The summed E-state index contributed by atoms with van der Waals surface area (Å²) in [4.78, 5) is 3.74. The van der Waals surface area contributed by atoms with Gasteiger partial charge in [-0.2, -0.15) is 0 Å². The highest BCUT2D eigenvalue weighted by Crippen LogP contribution is 2.57. The highest BCUT2D eigenvalue weighted by Gasteiger charge is 2.71. The zero-order valence-corrected chi connectivity index (χ0v) is 6.59. The fourth-order valence-electron chi connectivity index (χ4n) is 1.37. The van der Waals surface area contributed by atoms with Crippen LogP contribution in [0.2, 0.25) is 0 Å². The van der Waals surface area contributed by atoms with E-state index >= 15 is 0 Å². The molecule has 1 aromatic heterocycles. The third-order valence-corrected chi connectivity index (χ3v) is 2.30. The molecule has 2 rings (SSSR count). The lowest BCUT2D eigenvalue weighted by Gasteiger charge is -2.09. The van der Waals surface area contributed by atoms with Crippen LogP contribution in [-0.4, -0.2) is 15.5 Å². The molecule has 12 heavy (non-hydrogen) atoms. The Morgan fingerprint density at radius 3 is 2.58 bits per heavy atom. The number of hydrogen-bond donors (Lipinski definition) is 1. The van der Waals surface area contributed by atoms with Gasteiger partial charge in [0, 0.05) is 13.5 Å². The van der Waals surface area contributed by atoms with E-state index in [4.69, 9.17) is 5.73 Å². The maximum absolute atomic E-state index is 12.8. The maximum Gasteiger partial charge on any atom is 0.273 e. The van der Waals surface area contributed by atoms with Crippen LogP contribution in [0.1, 0.15) is 12.1 Å². The second-order valence-corrected chi connectivity index (χ2v) is 3.24. The molecule has 0 radical (unpaired) electrons. The minimum Gasteiger partial charge on any atom is -0.336 e. The first-order valence-electron chi connectivity index (χ1n) is 3.61. The van der Waals surface area contributed by atoms with Crippen molar-refractivity contribution in [3.8, 4) is 0 Å². The molecule has 1 unspecified atom stereocenters. The van der Waals surface area contributed by atoms with Crippen LogP contribution in [0, 0.1) is 0 Å². The number of rotatable bonds is 1. The first kappa shape index (κ1) is 7.67. The van der Waals surface area contributed by atoms with Gasteiger partial charge in [-0.1, -0.05) is 0 Å². The van der Waals surface area contributed by atoms with Crippen molar-refractivity contribution in [2.24, 2.45) is 12.8 Å². The molecule has 1 aromatic rings. The van der Waals surface area contributed by atoms with E-state index in [1.807, 2.05) is 0 Å². The normalized spacial score (nSPS) is 32.0. The van der Waals surface area contributed by atoms with Crippen LogP contribution in [0.5, 0.6) is 0 Å². The number of aromatic nitrogens is 2. The summed E-state index contributed by atoms with van der Waals surface area (Å²) in [5, 5.41) is 0. The molecular formula is C7H9F2N3. The van der Waals surface area contributed by atoms with Gasteiger partial charge in [0.15, 0.2) is 0 Å². The van der Waals surface area contributed by atoms with Crippen LogP contribution in [-0.2, 0) is 12.6 Å². The SMILES string of the molecule is Cn1cncc1C1(N)CC1(F)F. The standard InChI is InChI=1S/C7H9F2N3/c1-12-4-11-2-5(12)6(10)3-7(6,8)9/h2,4H,3,10H2,1H3. The number of aryl methyl sites for hydroxylation is 1. The second kappa shape index (κ2) is 1.85. The number of nitrogens with two attached hydrogens (primary N) is 1. The largest absolute Gasteiger partial charge is 0.336 e. The number of halogens is 2. The van der Waals surface area contributed by atoms with Gasteiger partial charge < -0.3 is 10.3 Å². The van der Waals surface area contributed by atoms with Gasteiger partial charge >= 0.3 is 0 Å². The van der Waals surface area contributed by atoms with Crippen molar-refractivity contribution in [2.45, 2.75) is 17.9 Å². The fraction of sp³-hybridized carbons (Fsp3) is 0.571. The van der Waals surface area contributed by atoms with Crippen molar-refractivity contribution in [1.82, 2.24) is 9.55 Å². The van der Waals surface area contributed by atoms with E-state index in [9.17, 15) is 8.78 Å². The lowest BCUT2D eigenvalue weighted by atomic mass is 10.2. The molecule has 0 amide bonds. The number of imidazole rings is 1. The molecule has 1 atom stereocenters. The molecule has 1 aliphatic carbocycles. The van der Waals surface area contributed by atoms with Crippen LogP contribution in [0.3, 0.4) is 0 Å². The maximum atomic E-state index is 12.8. The van der Waals surface area contributed by atoms with Crippen LogP contribution in [0.25, 0.3) is 0 Å². The zero-order chi connectivity index (χ0) is 8.98. The minimum absolute atomic E-state index is 0.278. The van der Waals surface area contributed by atoms with E-state index < -0.39 is 11.5 Å². The molecule has 5 heteroatoms. The van der Waals surface area contributed by atoms with E-state index in [0.717, 1.165) is 0 Å². The lowest BCUT2D eigenvalue weighted by Crippen LogP contribution is -2.29. The molecule has 0 aromatic carbocycles. The minimum atomic E-state index is -2.76. The summed E-state index contributed by atoms with van der Waals surface area (Å²) in [6, 6.07) is 0. The summed E-state index contributed by atoms with van der Waals surface area (Å²) in [6.45, 7) is 0. The number of nitrogens with zero attached hydrogens (tertiary/aromatic N) is 2. The first-order valence-corrected chi connectivity index (χ1v) is 3.61. The molecule has 2 N–H and O–H groups in total. The molecule has 0 bridgehead atoms. The van der Waals surface area contributed by atoms with Crippen LogP contribution in [0.4, 0.5) is 8.78 Å². The van der Waals surface area contributed by atoms with Gasteiger partial charge in [-0.3, -0.25) is 0 Å². The van der Waals surface area contributed by atoms with Gasteiger partial charge in [-0.25, -0.2) is 13.8 Å². The summed E-state index contributed by atoms with van der Waals surface area (Å²) in [6.07, 6.45) is 2.58. The van der Waals surface area contributed by atoms with Gasteiger partial charge in [0.1, 0.15) is 5.54 Å². The highest BCUT2D eigenvalue weighted by atomic mass is 19.3. The van der Waals surface area contributed by atoms with Crippen molar-refractivity contribution in [3.05, 3.63) is 18.2 Å². The molecule has 0 aliphatic heterocycles. The topological polar surface area (TPSA) is 43.8 Å². The van der Waals surface area contributed by atoms with E-state index in [2.05, 4.69) is 4.98 Å². The van der Waals surface area contributed by atoms with Gasteiger partial charge in [0.2, 0.25) is 0 Å². The third-order valence-electron chi connectivity index (χ3n) is 2.30. The van der Waals surface area contributed by atoms with Crippen LogP contribution < -0.4 is 5.73 Å². The van der Waals surface area contributed by atoms with E-state index in [-0.39, 0.29) is 6.42 Å². The predicted octanol–water partition coefficient (Wildman–Crippen LogP) is 0.613. The Balaban J connectivity index is 2.40. The molecule has 0 saturated heterocycles. The molecule has 1 aliphatic rings. The Hall–Kier alpha value is -0.970. The quantitative estimate of drug-likeness (QED) is 0.676. The summed E-state index contributed by atoms with van der Waals surface area (Å²) in [5.74, 6) is -2.76. The number of alkyl halides is 2. The average Bonchev–Trinajstić information content (AvgIpc) is 2.36. The van der Waals surface area contributed by atoms with E-state index in [1.165, 1.54) is 17.1 Å². The number of hydrogen-bond acceptors (Lipinski definition) is 2. The van der Waals surface area contributed by atoms with Gasteiger partial charge in [0.05, 0.1) is 18.2 Å². The Labute approximate surface area is 68.2 Å². The molecular weight excluding hydrogens is 164 g/mol. The fourth-order valence-corrected chi connectivity index (χ4v) is 1.37. The molecule has 66 valence electrons. The van der Waals surface area contributed by atoms with Crippen molar-refractivity contribution < 1.29 is 8.78 Å². The summed E-state index contributed by atoms with van der Waals surface area (Å²) in [7, 11) is 1.66. The lowest BCUT2D eigenvalue weighted by molar-refractivity contribution is 0.0874. The van der Waals surface area contributed by atoms with Crippen molar-refractivity contribution in [2.75, 3.05) is 0 Å². The third kappa shape index (κ3) is 0.741. The average molecular weight is 173 g/mol. The van der Waals surface area contributed by atoms with Crippen LogP contribution in [0.15, 0.2) is 12.5 Å². The predicted molar refractivity (Wildman–Crippen MR) is 38.6 cm³/mol. The van der Waals surface area contributed by atoms with E-state index in [1.54, 1.807) is 7.05 Å². The Kier molecular flexibility index (Phi) is 1.18. The summed E-state index contributed by atoms with van der Waals surface area (Å²) < 4.78 is 27.0. The van der Waals surface area contributed by atoms with Gasteiger partial charge in [-0.15, -0.1) is 0 Å². The van der Waals surface area contributed by atoms with Crippen molar-refractivity contribution >= 4 is 0 Å².